The van der Waals surface area contributed by atoms with Crippen molar-refractivity contribution in [3.63, 3.8) is 0 Å². The van der Waals surface area contributed by atoms with Crippen molar-refractivity contribution < 1.29 is 4.74 Å². The lowest BCUT2D eigenvalue weighted by molar-refractivity contribution is 0.359. The highest BCUT2D eigenvalue weighted by Crippen LogP contribution is 2.25. The van der Waals surface area contributed by atoms with Gasteiger partial charge in [-0.25, -0.2) is 0 Å². The summed E-state index contributed by atoms with van der Waals surface area (Å²) in [7, 11) is 1.70. The molecule has 96 valence electrons. The number of ether oxygens (including phenoxy) is 1. The van der Waals surface area contributed by atoms with Crippen molar-refractivity contribution in [3.8, 4) is 5.75 Å². The van der Waals surface area contributed by atoms with Crippen LogP contribution in [0.4, 0.5) is 0 Å². The molecule has 0 saturated carbocycles. The molecule has 0 heterocycles. The minimum atomic E-state index is 0.267. The van der Waals surface area contributed by atoms with Crippen LogP contribution in [-0.4, -0.2) is 13.2 Å². The lowest BCUT2D eigenvalue weighted by atomic mass is 9.93. The van der Waals surface area contributed by atoms with Crippen LogP contribution in [0.3, 0.4) is 0 Å². The summed E-state index contributed by atoms with van der Waals surface area (Å²) in [4.78, 5) is 0. The fourth-order valence-corrected chi connectivity index (χ4v) is 2.26. The van der Waals surface area contributed by atoms with Crippen LogP contribution in [-0.2, 0) is 6.42 Å². The third-order valence-electron chi connectivity index (χ3n) is 3.23. The van der Waals surface area contributed by atoms with Gasteiger partial charge in [-0.1, -0.05) is 36.2 Å². The van der Waals surface area contributed by atoms with E-state index >= 15 is 0 Å². The summed E-state index contributed by atoms with van der Waals surface area (Å²) in [5, 5.41) is 0. The average molecular weight is 301 g/mol. The summed E-state index contributed by atoms with van der Waals surface area (Å²) >= 11 is 3.48. The topological polar surface area (TPSA) is 47.3 Å². The Morgan fingerprint density at radius 1 is 1.47 bits per heavy atom. The number of hydrazine groups is 1. The maximum Gasteiger partial charge on any atom is 0.122 e. The molecule has 0 radical (unpaired) electrons. The molecule has 0 saturated heterocycles. The van der Waals surface area contributed by atoms with Crippen LogP contribution in [0.5, 0.6) is 5.75 Å². The lowest BCUT2D eigenvalue weighted by Crippen LogP contribution is -2.41. The Morgan fingerprint density at radius 2 is 2.18 bits per heavy atom. The fourth-order valence-electron chi connectivity index (χ4n) is 1.85. The van der Waals surface area contributed by atoms with E-state index in [4.69, 9.17) is 10.6 Å². The summed E-state index contributed by atoms with van der Waals surface area (Å²) in [5.41, 5.74) is 4.07. The highest BCUT2D eigenvalue weighted by molar-refractivity contribution is 9.10. The molecule has 3 N–H and O–H groups in total. The molecule has 0 aliphatic heterocycles. The minimum Gasteiger partial charge on any atom is -0.496 e. The van der Waals surface area contributed by atoms with Crippen molar-refractivity contribution in [3.05, 3.63) is 28.2 Å². The van der Waals surface area contributed by atoms with Crippen molar-refractivity contribution in [1.29, 1.82) is 0 Å². The van der Waals surface area contributed by atoms with Gasteiger partial charge in [0.1, 0.15) is 5.75 Å². The Kier molecular flexibility index (Phi) is 5.95. The molecule has 2 unspecified atom stereocenters. The van der Waals surface area contributed by atoms with Gasteiger partial charge >= 0.3 is 0 Å². The fraction of sp³-hybridized carbons (Fsp3) is 0.538. The van der Waals surface area contributed by atoms with Gasteiger partial charge in [0, 0.05) is 10.5 Å². The maximum absolute atomic E-state index is 5.62. The molecular formula is C13H21BrN2O. The molecule has 1 aromatic rings. The molecule has 0 aromatic heterocycles. The molecule has 4 heteroatoms. The van der Waals surface area contributed by atoms with Crippen LogP contribution in [0.2, 0.25) is 0 Å². The van der Waals surface area contributed by atoms with Gasteiger partial charge in [0.15, 0.2) is 0 Å². The van der Waals surface area contributed by atoms with Crippen molar-refractivity contribution in [2.24, 2.45) is 11.8 Å². The van der Waals surface area contributed by atoms with E-state index in [1.807, 2.05) is 12.1 Å². The minimum absolute atomic E-state index is 0.267. The zero-order chi connectivity index (χ0) is 12.8. The normalized spacial score (nSPS) is 14.4. The summed E-state index contributed by atoms with van der Waals surface area (Å²) in [6, 6.07) is 6.31. The van der Waals surface area contributed by atoms with E-state index in [0.29, 0.717) is 5.92 Å². The smallest absolute Gasteiger partial charge is 0.122 e. The Hall–Kier alpha value is -0.580. The van der Waals surface area contributed by atoms with Gasteiger partial charge in [0.05, 0.1) is 7.11 Å². The highest BCUT2D eigenvalue weighted by atomic mass is 79.9. The van der Waals surface area contributed by atoms with Crippen LogP contribution in [0.25, 0.3) is 0 Å². The van der Waals surface area contributed by atoms with Crippen molar-refractivity contribution in [2.45, 2.75) is 32.7 Å². The van der Waals surface area contributed by atoms with E-state index < -0.39 is 0 Å². The number of halogens is 1. The summed E-state index contributed by atoms with van der Waals surface area (Å²) in [5.74, 6) is 7.07. The van der Waals surface area contributed by atoms with Crippen LogP contribution < -0.4 is 16.0 Å². The quantitative estimate of drug-likeness (QED) is 0.627. The number of hydrogen-bond acceptors (Lipinski definition) is 3. The summed E-state index contributed by atoms with van der Waals surface area (Å²) < 4.78 is 6.43. The Labute approximate surface area is 112 Å². The second kappa shape index (κ2) is 6.99. The van der Waals surface area contributed by atoms with Crippen LogP contribution >= 0.6 is 15.9 Å². The van der Waals surface area contributed by atoms with Gasteiger partial charge in [0.25, 0.3) is 0 Å². The summed E-state index contributed by atoms with van der Waals surface area (Å²) in [6.07, 6.45) is 1.97. The first-order valence-electron chi connectivity index (χ1n) is 5.90. The van der Waals surface area contributed by atoms with Crippen molar-refractivity contribution in [1.82, 2.24) is 5.43 Å². The number of nitrogens with two attached hydrogens (primary N) is 1. The largest absolute Gasteiger partial charge is 0.496 e. The molecule has 0 bridgehead atoms. The Balaban J connectivity index is 2.88. The number of rotatable bonds is 6. The number of methoxy groups -OCH3 is 1. The van der Waals surface area contributed by atoms with Crippen LogP contribution in [0.15, 0.2) is 22.7 Å². The molecule has 0 aliphatic carbocycles. The van der Waals surface area contributed by atoms with E-state index in [9.17, 15) is 0 Å². The highest BCUT2D eigenvalue weighted by Gasteiger charge is 2.17. The van der Waals surface area contributed by atoms with Gasteiger partial charge in [-0.2, -0.15) is 0 Å². The monoisotopic (exact) mass is 300 g/mol. The van der Waals surface area contributed by atoms with Crippen LogP contribution in [0.1, 0.15) is 25.8 Å². The number of hydrogen-bond donors (Lipinski definition) is 2. The molecule has 0 spiro atoms. The standard InChI is InChI=1S/C13H21BrN2O/c1-4-9(2)12(16-15)8-10-7-11(14)5-6-13(10)17-3/h5-7,9,12,16H,4,8,15H2,1-3H3. The molecular weight excluding hydrogens is 280 g/mol. The van der Waals surface area contributed by atoms with Crippen molar-refractivity contribution >= 4 is 15.9 Å². The lowest BCUT2D eigenvalue weighted by Gasteiger charge is -2.23. The van der Waals surface area contributed by atoms with Gasteiger partial charge in [-0.15, -0.1) is 0 Å². The molecule has 3 nitrogen and oxygen atoms in total. The second-order valence-corrected chi connectivity index (χ2v) is 5.23. The second-order valence-electron chi connectivity index (χ2n) is 4.32. The van der Waals surface area contributed by atoms with Crippen molar-refractivity contribution in [2.75, 3.05) is 7.11 Å². The molecule has 0 aliphatic rings. The first-order chi connectivity index (χ1) is 8.12. The third-order valence-corrected chi connectivity index (χ3v) is 3.72. The zero-order valence-electron chi connectivity index (χ0n) is 10.7. The third kappa shape index (κ3) is 3.98. The molecule has 1 rings (SSSR count). The van der Waals surface area contributed by atoms with Gasteiger partial charge in [-0.3, -0.25) is 11.3 Å². The predicted octanol–water partition coefficient (Wildman–Crippen LogP) is 2.88. The molecule has 17 heavy (non-hydrogen) atoms. The van der Waals surface area contributed by atoms with E-state index in [0.717, 1.165) is 23.1 Å². The van der Waals surface area contributed by atoms with Gasteiger partial charge in [-0.05, 0) is 36.1 Å². The summed E-state index contributed by atoms with van der Waals surface area (Å²) in [6.45, 7) is 4.38. The zero-order valence-corrected chi connectivity index (χ0v) is 12.3. The first kappa shape index (κ1) is 14.5. The predicted molar refractivity (Wildman–Crippen MR) is 75.0 cm³/mol. The van der Waals surface area contributed by atoms with Crippen LogP contribution in [0, 0.1) is 5.92 Å². The van der Waals surface area contributed by atoms with Gasteiger partial charge < -0.3 is 4.74 Å². The van der Waals surface area contributed by atoms with E-state index in [-0.39, 0.29) is 6.04 Å². The first-order valence-corrected chi connectivity index (χ1v) is 6.70. The number of benzene rings is 1. The van der Waals surface area contributed by atoms with E-state index in [1.165, 1.54) is 5.56 Å². The molecule has 1 aromatic carbocycles. The molecule has 0 fully saturated rings. The average Bonchev–Trinajstić information content (AvgIpc) is 2.35. The Bertz CT molecular complexity index is 357. The maximum atomic E-state index is 5.62. The molecule has 0 amide bonds. The SMILES string of the molecule is CCC(C)C(Cc1cc(Br)ccc1OC)NN. The Morgan fingerprint density at radius 3 is 2.71 bits per heavy atom. The number of nitrogens with one attached hydrogen (secondary N) is 1. The molecule has 2 atom stereocenters. The van der Waals surface area contributed by atoms with E-state index in [2.05, 4.69) is 41.3 Å². The van der Waals surface area contributed by atoms with Gasteiger partial charge in [0.2, 0.25) is 0 Å². The van der Waals surface area contributed by atoms with E-state index in [1.54, 1.807) is 7.11 Å².